The van der Waals surface area contributed by atoms with Gasteiger partial charge < -0.3 is 9.73 Å². The van der Waals surface area contributed by atoms with E-state index in [1.54, 1.807) is 0 Å². The molecule has 2 aromatic heterocycles. The summed E-state index contributed by atoms with van der Waals surface area (Å²) in [6.07, 6.45) is 0.915. The van der Waals surface area contributed by atoms with Crippen molar-refractivity contribution in [2.75, 3.05) is 6.54 Å². The molecule has 0 fully saturated rings. The maximum absolute atomic E-state index is 11.8. The fraction of sp³-hybridized carbons (Fsp3) is 0.538. The minimum atomic E-state index is -0.269. The Labute approximate surface area is 131 Å². The molecule has 1 unspecified atom stereocenters. The fourth-order valence-electron chi connectivity index (χ4n) is 1.68. The summed E-state index contributed by atoms with van der Waals surface area (Å²) in [7, 11) is 0. The Morgan fingerprint density at radius 1 is 1.43 bits per heavy atom. The normalized spacial score (nSPS) is 12.4. The zero-order chi connectivity index (χ0) is 15.4. The minimum Gasteiger partial charge on any atom is -0.410 e. The lowest BCUT2D eigenvalue weighted by Crippen LogP contribution is -2.31. The molecule has 2 aromatic rings. The van der Waals surface area contributed by atoms with E-state index in [-0.39, 0.29) is 11.2 Å². The molecule has 2 heterocycles. The molecule has 0 aromatic carbocycles. The van der Waals surface area contributed by atoms with Crippen LogP contribution in [0.15, 0.2) is 9.64 Å². The molecule has 0 aliphatic carbocycles. The number of rotatable bonds is 6. The Morgan fingerprint density at radius 2 is 2.19 bits per heavy atom. The van der Waals surface area contributed by atoms with Crippen LogP contribution in [-0.4, -0.2) is 32.9 Å². The molecule has 0 bridgehead atoms. The molecule has 0 spiro atoms. The molecule has 0 aliphatic rings. The Kier molecular flexibility index (Phi) is 5.35. The van der Waals surface area contributed by atoms with Gasteiger partial charge in [0.25, 0.3) is 11.1 Å². The van der Waals surface area contributed by atoms with Crippen molar-refractivity contribution < 1.29 is 9.21 Å². The number of hydrogen-bond acceptors (Lipinski definition) is 7. The smallest absolute Gasteiger partial charge is 0.277 e. The molecule has 114 valence electrons. The van der Waals surface area contributed by atoms with E-state index in [9.17, 15) is 4.79 Å². The summed E-state index contributed by atoms with van der Waals surface area (Å²) in [5, 5.41) is 12.0. The molecule has 1 amide bonds. The molecule has 0 saturated heterocycles. The third kappa shape index (κ3) is 4.04. The van der Waals surface area contributed by atoms with E-state index >= 15 is 0 Å². The number of nitrogens with one attached hydrogen (secondary N) is 1. The first-order chi connectivity index (χ1) is 10.0. The summed E-state index contributed by atoms with van der Waals surface area (Å²) in [6, 6.07) is 0. The quantitative estimate of drug-likeness (QED) is 0.822. The third-order valence-electron chi connectivity index (χ3n) is 2.70. The molecule has 1 N–H and O–H groups in total. The second-order valence-corrected chi connectivity index (χ2v) is 7.07. The van der Waals surface area contributed by atoms with Gasteiger partial charge in [-0.3, -0.25) is 4.79 Å². The van der Waals surface area contributed by atoms with Crippen molar-refractivity contribution in [3.05, 3.63) is 10.7 Å². The Morgan fingerprint density at radius 3 is 2.81 bits per heavy atom. The van der Waals surface area contributed by atoms with Gasteiger partial charge in [0.15, 0.2) is 0 Å². The van der Waals surface area contributed by atoms with Crippen LogP contribution in [0.3, 0.4) is 0 Å². The molecule has 0 radical (unpaired) electrons. The molecule has 6 nitrogen and oxygen atoms in total. The molecule has 8 heteroatoms. The van der Waals surface area contributed by atoms with Crippen LogP contribution < -0.4 is 5.32 Å². The lowest BCUT2D eigenvalue weighted by atomic mass is 10.4. The Balaban J connectivity index is 2.03. The van der Waals surface area contributed by atoms with Crippen LogP contribution in [0.1, 0.15) is 31.0 Å². The predicted octanol–water partition coefficient (Wildman–Crippen LogP) is 2.82. The maximum Gasteiger partial charge on any atom is 0.277 e. The summed E-state index contributed by atoms with van der Waals surface area (Å²) in [5.41, 5.74) is 0.881. The zero-order valence-electron chi connectivity index (χ0n) is 12.5. The van der Waals surface area contributed by atoms with Gasteiger partial charge >= 0.3 is 0 Å². The summed E-state index contributed by atoms with van der Waals surface area (Å²) >= 11 is 2.78. The van der Waals surface area contributed by atoms with Gasteiger partial charge in [-0.2, -0.15) is 0 Å². The Hall–Kier alpha value is -1.41. The molecule has 1 atom stereocenters. The number of thiazole rings is 1. The van der Waals surface area contributed by atoms with Crippen molar-refractivity contribution in [3.8, 4) is 10.8 Å². The van der Waals surface area contributed by atoms with Gasteiger partial charge in [-0.05, 0) is 27.2 Å². The van der Waals surface area contributed by atoms with Crippen molar-refractivity contribution >= 4 is 29.0 Å². The van der Waals surface area contributed by atoms with Crippen LogP contribution in [0.2, 0.25) is 0 Å². The van der Waals surface area contributed by atoms with E-state index in [1.807, 2.05) is 27.7 Å². The van der Waals surface area contributed by atoms with Crippen molar-refractivity contribution in [2.45, 2.75) is 44.6 Å². The minimum absolute atomic E-state index is 0.0218. The number of nitrogens with zero attached hydrogens (tertiary/aromatic N) is 3. The highest BCUT2D eigenvalue weighted by atomic mass is 32.2. The molecule has 0 aliphatic heterocycles. The number of hydrogen-bond donors (Lipinski definition) is 1. The average molecular weight is 326 g/mol. The van der Waals surface area contributed by atoms with Crippen LogP contribution in [0.25, 0.3) is 10.8 Å². The SMILES string of the molecule is CCCNC(=O)C(C)Sc1nnc(-c2sc(C)nc2C)o1. The second kappa shape index (κ2) is 7.04. The highest BCUT2D eigenvalue weighted by molar-refractivity contribution is 8.00. The first-order valence-electron chi connectivity index (χ1n) is 6.73. The number of thioether (sulfide) groups is 1. The predicted molar refractivity (Wildman–Crippen MR) is 83.5 cm³/mol. The van der Waals surface area contributed by atoms with E-state index in [1.165, 1.54) is 23.1 Å². The Bertz CT molecular complexity index is 623. The summed E-state index contributed by atoms with van der Waals surface area (Å²) in [5.74, 6) is 0.438. The molecule has 21 heavy (non-hydrogen) atoms. The lowest BCUT2D eigenvalue weighted by Gasteiger charge is -2.08. The van der Waals surface area contributed by atoms with Crippen LogP contribution >= 0.6 is 23.1 Å². The number of aryl methyl sites for hydroxylation is 2. The molecule has 2 rings (SSSR count). The van der Waals surface area contributed by atoms with Crippen LogP contribution in [0, 0.1) is 13.8 Å². The summed E-state index contributed by atoms with van der Waals surface area (Å²) in [6.45, 7) is 8.37. The first-order valence-corrected chi connectivity index (χ1v) is 8.43. The number of amides is 1. The fourth-order valence-corrected chi connectivity index (χ4v) is 3.22. The zero-order valence-corrected chi connectivity index (χ0v) is 14.1. The van der Waals surface area contributed by atoms with Crippen molar-refractivity contribution in [2.24, 2.45) is 0 Å². The van der Waals surface area contributed by atoms with Gasteiger partial charge in [-0.15, -0.1) is 21.5 Å². The van der Waals surface area contributed by atoms with Gasteiger partial charge in [-0.1, -0.05) is 18.7 Å². The standard InChI is InChI=1S/C13H18N4O2S2/c1-5-6-14-11(18)8(3)20-13-17-16-12(19-13)10-7(2)15-9(4)21-10/h8H,5-6H2,1-4H3,(H,14,18). The van der Waals surface area contributed by atoms with Crippen LogP contribution in [0.4, 0.5) is 0 Å². The maximum atomic E-state index is 11.8. The lowest BCUT2D eigenvalue weighted by molar-refractivity contribution is -0.120. The monoisotopic (exact) mass is 326 g/mol. The number of carbonyl (C=O) groups is 1. The van der Waals surface area contributed by atoms with Crippen LogP contribution in [0.5, 0.6) is 0 Å². The third-order valence-corrected chi connectivity index (χ3v) is 4.70. The van der Waals surface area contributed by atoms with E-state index < -0.39 is 0 Å². The molecular weight excluding hydrogens is 308 g/mol. The van der Waals surface area contributed by atoms with Crippen molar-refractivity contribution in [1.29, 1.82) is 0 Å². The average Bonchev–Trinajstić information content (AvgIpc) is 3.02. The first kappa shape index (κ1) is 16.0. The number of carbonyl (C=O) groups excluding carboxylic acids is 1. The number of aromatic nitrogens is 3. The second-order valence-electron chi connectivity index (χ2n) is 4.57. The van der Waals surface area contributed by atoms with Crippen molar-refractivity contribution in [3.63, 3.8) is 0 Å². The van der Waals surface area contributed by atoms with E-state index in [0.717, 1.165) is 22.0 Å². The van der Waals surface area contributed by atoms with E-state index in [4.69, 9.17) is 4.42 Å². The van der Waals surface area contributed by atoms with Gasteiger partial charge in [0, 0.05) is 6.54 Å². The van der Waals surface area contributed by atoms with E-state index in [2.05, 4.69) is 20.5 Å². The molecule has 0 saturated carbocycles. The van der Waals surface area contributed by atoms with Gasteiger partial charge in [0.2, 0.25) is 5.91 Å². The topological polar surface area (TPSA) is 80.9 Å². The summed E-state index contributed by atoms with van der Waals surface area (Å²) < 4.78 is 5.62. The highest BCUT2D eigenvalue weighted by Crippen LogP contribution is 2.31. The van der Waals surface area contributed by atoms with Gasteiger partial charge in [-0.25, -0.2) is 4.98 Å². The van der Waals surface area contributed by atoms with Gasteiger partial charge in [0.1, 0.15) is 4.88 Å². The van der Waals surface area contributed by atoms with E-state index in [0.29, 0.717) is 17.7 Å². The highest BCUT2D eigenvalue weighted by Gasteiger charge is 2.20. The summed E-state index contributed by atoms with van der Waals surface area (Å²) in [4.78, 5) is 17.0. The van der Waals surface area contributed by atoms with Gasteiger partial charge in [0.05, 0.1) is 16.0 Å². The van der Waals surface area contributed by atoms with Crippen molar-refractivity contribution in [1.82, 2.24) is 20.5 Å². The molecular formula is C13H18N4O2S2. The largest absolute Gasteiger partial charge is 0.410 e. The van der Waals surface area contributed by atoms with Crippen LogP contribution in [-0.2, 0) is 4.79 Å².